The van der Waals surface area contributed by atoms with Gasteiger partial charge in [-0.2, -0.15) is 0 Å². The van der Waals surface area contributed by atoms with Gasteiger partial charge in [-0.25, -0.2) is 13.6 Å². The number of carbonyl (C=O) groups excluding carboxylic acids is 1. The predicted molar refractivity (Wildman–Crippen MR) is 79.4 cm³/mol. The Hall–Kier alpha value is -2.47. The molecule has 0 fully saturated rings. The Kier molecular flexibility index (Phi) is 5.06. The highest BCUT2D eigenvalue weighted by atomic mass is 19.1. The summed E-state index contributed by atoms with van der Waals surface area (Å²) in [5, 5.41) is 15.2. The Morgan fingerprint density at radius 1 is 1.00 bits per heavy atom. The van der Waals surface area contributed by atoms with Crippen molar-refractivity contribution in [3.8, 4) is 0 Å². The maximum atomic E-state index is 12.8. The number of aliphatic hydroxyl groups excluding tert-OH is 1. The predicted octanol–water partition coefficient (Wildman–Crippen LogP) is 3.21. The third-order valence-corrected chi connectivity index (χ3v) is 3.15. The summed E-state index contributed by atoms with van der Waals surface area (Å²) in [6.45, 7) is 1.62. The molecule has 0 saturated heterocycles. The van der Waals surface area contributed by atoms with Crippen LogP contribution in [-0.4, -0.2) is 17.2 Å². The molecule has 2 aromatic rings. The van der Waals surface area contributed by atoms with Crippen LogP contribution < -0.4 is 10.6 Å². The molecular weight excluding hydrogens is 290 g/mol. The number of nitrogens with one attached hydrogen (secondary N) is 2. The molecule has 0 aliphatic heterocycles. The molecule has 0 bridgehead atoms. The number of aliphatic hydroxyl groups is 1. The molecule has 0 aliphatic carbocycles. The van der Waals surface area contributed by atoms with Crippen molar-refractivity contribution in [2.45, 2.75) is 19.1 Å². The molecular formula is C16H16F2N2O2. The van der Waals surface area contributed by atoms with E-state index in [-0.39, 0.29) is 0 Å². The molecule has 0 aliphatic rings. The van der Waals surface area contributed by atoms with E-state index >= 15 is 0 Å². The van der Waals surface area contributed by atoms with E-state index in [1.807, 2.05) is 0 Å². The van der Waals surface area contributed by atoms with Crippen LogP contribution >= 0.6 is 0 Å². The highest BCUT2D eigenvalue weighted by Gasteiger charge is 2.18. The minimum atomic E-state index is -0.973. The Balaban J connectivity index is 1.92. The van der Waals surface area contributed by atoms with Crippen molar-refractivity contribution < 1.29 is 18.7 Å². The third kappa shape index (κ3) is 4.26. The fourth-order valence-electron chi connectivity index (χ4n) is 1.93. The Morgan fingerprint density at radius 3 is 2.05 bits per heavy atom. The lowest BCUT2D eigenvalue weighted by Gasteiger charge is -2.21. The van der Waals surface area contributed by atoms with Crippen molar-refractivity contribution in [3.63, 3.8) is 0 Å². The summed E-state index contributed by atoms with van der Waals surface area (Å²) >= 11 is 0. The first kappa shape index (κ1) is 15.9. The van der Waals surface area contributed by atoms with Gasteiger partial charge in [-0.1, -0.05) is 12.1 Å². The van der Waals surface area contributed by atoms with Gasteiger partial charge in [0.1, 0.15) is 11.6 Å². The molecule has 0 aromatic heterocycles. The van der Waals surface area contributed by atoms with Crippen LogP contribution in [0.5, 0.6) is 0 Å². The molecule has 2 aromatic carbocycles. The van der Waals surface area contributed by atoms with E-state index in [2.05, 4.69) is 10.6 Å². The van der Waals surface area contributed by atoms with E-state index in [0.29, 0.717) is 11.3 Å². The highest BCUT2D eigenvalue weighted by Crippen LogP contribution is 2.17. The van der Waals surface area contributed by atoms with E-state index in [0.717, 1.165) is 0 Å². The summed E-state index contributed by atoms with van der Waals surface area (Å²) in [6, 6.07) is 9.58. The molecule has 3 N–H and O–H groups in total. The topological polar surface area (TPSA) is 61.4 Å². The molecule has 2 amide bonds. The largest absolute Gasteiger partial charge is 0.386 e. The molecule has 0 saturated carbocycles. The third-order valence-electron chi connectivity index (χ3n) is 3.15. The van der Waals surface area contributed by atoms with Crippen molar-refractivity contribution >= 4 is 11.7 Å². The molecule has 116 valence electrons. The normalized spacial score (nSPS) is 13.3. The van der Waals surface area contributed by atoms with Gasteiger partial charge < -0.3 is 15.7 Å². The summed E-state index contributed by atoms with van der Waals surface area (Å²) in [5.41, 5.74) is 0.929. The van der Waals surface area contributed by atoms with E-state index in [1.54, 1.807) is 6.92 Å². The van der Waals surface area contributed by atoms with Crippen LogP contribution in [0.3, 0.4) is 0 Å². The van der Waals surface area contributed by atoms with Gasteiger partial charge in [0.05, 0.1) is 12.1 Å². The maximum absolute atomic E-state index is 12.8. The number of rotatable bonds is 4. The number of carbonyl (C=O) groups is 1. The average molecular weight is 306 g/mol. The van der Waals surface area contributed by atoms with Gasteiger partial charge >= 0.3 is 6.03 Å². The summed E-state index contributed by atoms with van der Waals surface area (Å²) in [6.07, 6.45) is -0.973. The van der Waals surface area contributed by atoms with Crippen LogP contribution in [0.25, 0.3) is 0 Å². The lowest BCUT2D eigenvalue weighted by molar-refractivity contribution is 0.139. The molecule has 2 rings (SSSR count). The van der Waals surface area contributed by atoms with Crippen molar-refractivity contribution in [3.05, 3.63) is 65.7 Å². The number of hydrogen-bond acceptors (Lipinski definition) is 2. The molecule has 0 radical (unpaired) electrons. The summed E-state index contributed by atoms with van der Waals surface area (Å²) in [7, 11) is 0. The highest BCUT2D eigenvalue weighted by molar-refractivity contribution is 5.89. The zero-order valence-corrected chi connectivity index (χ0v) is 11.9. The zero-order valence-electron chi connectivity index (χ0n) is 11.9. The molecule has 4 nitrogen and oxygen atoms in total. The number of anilines is 1. The van der Waals surface area contributed by atoms with Crippen molar-refractivity contribution in [2.75, 3.05) is 5.32 Å². The van der Waals surface area contributed by atoms with E-state index in [9.17, 15) is 18.7 Å². The zero-order chi connectivity index (χ0) is 16.1. The van der Waals surface area contributed by atoms with Gasteiger partial charge in [-0.05, 0) is 48.9 Å². The Morgan fingerprint density at radius 2 is 1.50 bits per heavy atom. The van der Waals surface area contributed by atoms with E-state index in [4.69, 9.17) is 0 Å². The molecule has 22 heavy (non-hydrogen) atoms. The first-order chi connectivity index (χ1) is 10.5. The average Bonchev–Trinajstić information content (AvgIpc) is 2.49. The van der Waals surface area contributed by atoms with Gasteiger partial charge in [0, 0.05) is 5.69 Å². The number of benzene rings is 2. The van der Waals surface area contributed by atoms with Crippen molar-refractivity contribution in [1.82, 2.24) is 5.32 Å². The van der Waals surface area contributed by atoms with Crippen LogP contribution in [0, 0.1) is 11.6 Å². The molecule has 2 unspecified atom stereocenters. The minimum Gasteiger partial charge on any atom is -0.386 e. The van der Waals surface area contributed by atoms with E-state index < -0.39 is 29.8 Å². The number of hydrogen-bond donors (Lipinski definition) is 3. The van der Waals surface area contributed by atoms with Gasteiger partial charge in [0.2, 0.25) is 0 Å². The van der Waals surface area contributed by atoms with Crippen LogP contribution in [0.1, 0.15) is 18.6 Å². The molecule has 2 atom stereocenters. The van der Waals surface area contributed by atoms with Crippen LogP contribution in [0.15, 0.2) is 48.5 Å². The number of urea groups is 1. The van der Waals surface area contributed by atoms with Gasteiger partial charge in [0.15, 0.2) is 0 Å². The van der Waals surface area contributed by atoms with Crippen LogP contribution in [0.2, 0.25) is 0 Å². The lowest BCUT2D eigenvalue weighted by Crippen LogP contribution is -2.39. The second-order valence-corrected chi connectivity index (χ2v) is 4.89. The molecule has 0 heterocycles. The quantitative estimate of drug-likeness (QED) is 0.812. The van der Waals surface area contributed by atoms with E-state index in [1.165, 1.54) is 48.5 Å². The smallest absolute Gasteiger partial charge is 0.319 e. The van der Waals surface area contributed by atoms with Gasteiger partial charge in [0.25, 0.3) is 0 Å². The SMILES string of the molecule is CC(NC(=O)Nc1ccc(F)cc1)C(O)c1ccc(F)cc1. The van der Waals surface area contributed by atoms with Crippen molar-refractivity contribution in [1.29, 1.82) is 0 Å². The fraction of sp³-hybridized carbons (Fsp3) is 0.188. The summed E-state index contributed by atoms with van der Waals surface area (Å²) < 4.78 is 25.6. The van der Waals surface area contributed by atoms with Crippen molar-refractivity contribution in [2.24, 2.45) is 0 Å². The second kappa shape index (κ2) is 7.00. The van der Waals surface area contributed by atoms with Gasteiger partial charge in [-0.3, -0.25) is 0 Å². The summed E-state index contributed by atoms with van der Waals surface area (Å²) in [4.78, 5) is 11.8. The molecule has 0 spiro atoms. The first-order valence-electron chi connectivity index (χ1n) is 6.72. The minimum absolute atomic E-state index is 0.397. The van der Waals surface area contributed by atoms with Crippen LogP contribution in [-0.2, 0) is 0 Å². The van der Waals surface area contributed by atoms with Gasteiger partial charge in [-0.15, -0.1) is 0 Å². The molecule has 6 heteroatoms. The maximum Gasteiger partial charge on any atom is 0.319 e. The summed E-state index contributed by atoms with van der Waals surface area (Å²) in [5.74, 6) is -0.795. The Bertz CT molecular complexity index is 630. The standard InChI is InChI=1S/C16H16F2N2O2/c1-10(15(21)11-2-4-12(17)5-3-11)19-16(22)20-14-8-6-13(18)7-9-14/h2-10,15,21H,1H3,(H2,19,20,22). The monoisotopic (exact) mass is 306 g/mol. The lowest BCUT2D eigenvalue weighted by atomic mass is 10.0. The van der Waals surface area contributed by atoms with Crippen LogP contribution in [0.4, 0.5) is 19.3 Å². The number of halogens is 2. The second-order valence-electron chi connectivity index (χ2n) is 4.89. The number of amides is 2. The first-order valence-corrected chi connectivity index (χ1v) is 6.72. The Labute approximate surface area is 126 Å². The fourth-order valence-corrected chi connectivity index (χ4v) is 1.93.